The summed E-state index contributed by atoms with van der Waals surface area (Å²) in [5.74, 6) is 0. The molecule has 3 rings (SSSR count). The summed E-state index contributed by atoms with van der Waals surface area (Å²) >= 11 is 0. The van der Waals surface area contributed by atoms with Crippen LogP contribution in [0.15, 0.2) is 65.7 Å². The number of dihydropyridines is 1. The zero-order valence-corrected chi connectivity index (χ0v) is 10.9. The first-order chi connectivity index (χ1) is 9.83. The maximum absolute atomic E-state index is 11.9. The Morgan fingerprint density at radius 3 is 2.75 bits per heavy atom. The molecule has 2 aromatic rings. The van der Waals surface area contributed by atoms with Gasteiger partial charge in [-0.25, -0.2) is 0 Å². The maximum atomic E-state index is 11.9. The Labute approximate surface area is 116 Å². The van der Waals surface area contributed by atoms with E-state index in [2.05, 4.69) is 21.7 Å². The maximum Gasteiger partial charge on any atom is 0.271 e. The molecule has 0 saturated carbocycles. The summed E-state index contributed by atoms with van der Waals surface area (Å²) < 4.78 is 0. The van der Waals surface area contributed by atoms with Gasteiger partial charge in [-0.3, -0.25) is 4.79 Å². The van der Waals surface area contributed by atoms with Crippen LogP contribution in [-0.4, -0.2) is 11.5 Å². The van der Waals surface area contributed by atoms with Crippen LogP contribution in [0.2, 0.25) is 0 Å². The van der Waals surface area contributed by atoms with E-state index in [1.807, 2.05) is 48.7 Å². The molecule has 4 heteroatoms. The Kier molecular flexibility index (Phi) is 3.37. The number of aromatic nitrogens is 1. The highest BCUT2D eigenvalue weighted by Gasteiger charge is 2.06. The van der Waals surface area contributed by atoms with E-state index < -0.39 is 0 Å². The third kappa shape index (κ3) is 2.64. The van der Waals surface area contributed by atoms with Crippen LogP contribution in [-0.2, 0) is 0 Å². The van der Waals surface area contributed by atoms with Gasteiger partial charge in [-0.2, -0.15) is 0 Å². The Bertz CT molecular complexity index is 714. The van der Waals surface area contributed by atoms with E-state index in [0.29, 0.717) is 5.69 Å². The largest absolute Gasteiger partial charge is 0.387 e. The third-order valence-corrected chi connectivity index (χ3v) is 3.11. The van der Waals surface area contributed by atoms with Crippen molar-refractivity contribution in [3.8, 4) is 0 Å². The number of anilines is 2. The molecule has 2 heterocycles. The van der Waals surface area contributed by atoms with Gasteiger partial charge in [0.25, 0.3) is 5.56 Å². The minimum absolute atomic E-state index is 0.129. The van der Waals surface area contributed by atoms with Gasteiger partial charge in [0.15, 0.2) is 0 Å². The molecule has 3 N–H and O–H groups in total. The van der Waals surface area contributed by atoms with Crippen LogP contribution in [0.25, 0.3) is 5.57 Å². The van der Waals surface area contributed by atoms with Gasteiger partial charge in [0.2, 0.25) is 0 Å². The molecule has 0 amide bonds. The van der Waals surface area contributed by atoms with Gasteiger partial charge < -0.3 is 15.6 Å². The fraction of sp³-hybridized carbons (Fsp3) is 0.0625. The van der Waals surface area contributed by atoms with Crippen LogP contribution in [0.3, 0.4) is 0 Å². The van der Waals surface area contributed by atoms with Gasteiger partial charge in [0.1, 0.15) is 5.69 Å². The van der Waals surface area contributed by atoms with Crippen molar-refractivity contribution in [3.63, 3.8) is 0 Å². The summed E-state index contributed by atoms with van der Waals surface area (Å²) in [7, 11) is 0. The van der Waals surface area contributed by atoms with E-state index in [1.54, 1.807) is 6.20 Å². The monoisotopic (exact) mass is 265 g/mol. The molecular formula is C16H15N3O. The van der Waals surface area contributed by atoms with Crippen molar-refractivity contribution < 1.29 is 0 Å². The Hall–Kier alpha value is -2.75. The van der Waals surface area contributed by atoms with Crippen molar-refractivity contribution in [1.82, 2.24) is 10.3 Å². The molecule has 100 valence electrons. The fourth-order valence-electron chi connectivity index (χ4n) is 2.09. The number of allylic oxidation sites excluding steroid dienone is 2. The van der Waals surface area contributed by atoms with Gasteiger partial charge in [0, 0.05) is 18.4 Å². The smallest absolute Gasteiger partial charge is 0.271 e. The lowest BCUT2D eigenvalue weighted by Crippen LogP contribution is -2.13. The minimum Gasteiger partial charge on any atom is -0.387 e. The standard InChI is InChI=1S/C16H15N3O/c20-16-15(19-14-4-2-1-3-5-14)10-13(11-18-16)12-6-8-17-9-7-12/h1-8,10-11,17,19H,9H2,(H,18,20). The van der Waals surface area contributed by atoms with E-state index in [-0.39, 0.29) is 5.56 Å². The molecule has 1 aliphatic rings. The lowest BCUT2D eigenvalue weighted by atomic mass is 10.1. The summed E-state index contributed by atoms with van der Waals surface area (Å²) in [6, 6.07) is 11.5. The summed E-state index contributed by atoms with van der Waals surface area (Å²) in [6.45, 7) is 0.798. The zero-order valence-electron chi connectivity index (χ0n) is 10.9. The zero-order chi connectivity index (χ0) is 13.8. The van der Waals surface area contributed by atoms with Crippen LogP contribution in [0.1, 0.15) is 5.56 Å². The molecule has 20 heavy (non-hydrogen) atoms. The molecule has 1 aliphatic heterocycles. The van der Waals surface area contributed by atoms with Crippen LogP contribution in [0.5, 0.6) is 0 Å². The van der Waals surface area contributed by atoms with E-state index in [9.17, 15) is 4.79 Å². The average Bonchev–Trinajstić information content (AvgIpc) is 2.51. The van der Waals surface area contributed by atoms with E-state index in [0.717, 1.165) is 23.4 Å². The number of rotatable bonds is 3. The second-order valence-corrected chi connectivity index (χ2v) is 4.52. The molecule has 4 nitrogen and oxygen atoms in total. The van der Waals surface area contributed by atoms with Crippen molar-refractivity contribution in [2.45, 2.75) is 0 Å². The van der Waals surface area contributed by atoms with Crippen molar-refractivity contribution >= 4 is 16.9 Å². The molecule has 0 atom stereocenters. The number of aromatic amines is 1. The Morgan fingerprint density at radius 1 is 1.15 bits per heavy atom. The normalized spacial score (nSPS) is 13.5. The highest BCUT2D eigenvalue weighted by Crippen LogP contribution is 2.19. The Balaban J connectivity index is 1.93. The van der Waals surface area contributed by atoms with Gasteiger partial charge >= 0.3 is 0 Å². The number of hydrogen-bond donors (Lipinski definition) is 3. The van der Waals surface area contributed by atoms with E-state index >= 15 is 0 Å². The minimum atomic E-state index is -0.129. The molecule has 0 saturated heterocycles. The SMILES string of the molecule is O=c1[nH]cc(C2=CCNC=C2)cc1Nc1ccccc1. The second-order valence-electron chi connectivity index (χ2n) is 4.52. The lowest BCUT2D eigenvalue weighted by Gasteiger charge is -2.11. The number of hydrogen-bond acceptors (Lipinski definition) is 3. The van der Waals surface area contributed by atoms with Crippen molar-refractivity contribution in [2.75, 3.05) is 11.9 Å². The van der Waals surface area contributed by atoms with Crippen LogP contribution >= 0.6 is 0 Å². The molecule has 1 aromatic carbocycles. The predicted octanol–water partition coefficient (Wildman–Crippen LogP) is 2.62. The van der Waals surface area contributed by atoms with Crippen molar-refractivity contribution in [3.05, 3.63) is 76.9 Å². The third-order valence-electron chi connectivity index (χ3n) is 3.11. The first-order valence-electron chi connectivity index (χ1n) is 6.48. The first kappa shape index (κ1) is 12.3. The average molecular weight is 265 g/mol. The molecule has 0 bridgehead atoms. The Morgan fingerprint density at radius 2 is 2.00 bits per heavy atom. The van der Waals surface area contributed by atoms with Crippen LogP contribution in [0, 0.1) is 0 Å². The molecule has 1 aromatic heterocycles. The van der Waals surface area contributed by atoms with E-state index in [4.69, 9.17) is 0 Å². The van der Waals surface area contributed by atoms with Gasteiger partial charge in [0.05, 0.1) is 0 Å². The number of nitrogens with one attached hydrogen (secondary N) is 3. The fourth-order valence-corrected chi connectivity index (χ4v) is 2.09. The highest BCUT2D eigenvalue weighted by atomic mass is 16.1. The first-order valence-corrected chi connectivity index (χ1v) is 6.48. The summed E-state index contributed by atoms with van der Waals surface area (Å²) in [5.41, 5.74) is 3.39. The van der Waals surface area contributed by atoms with Gasteiger partial charge in [-0.15, -0.1) is 0 Å². The molecule has 0 spiro atoms. The lowest BCUT2D eigenvalue weighted by molar-refractivity contribution is 0.975. The molecular weight excluding hydrogens is 250 g/mol. The number of para-hydroxylation sites is 1. The second kappa shape index (κ2) is 5.48. The molecule has 0 unspecified atom stereocenters. The summed E-state index contributed by atoms with van der Waals surface area (Å²) in [4.78, 5) is 14.7. The van der Waals surface area contributed by atoms with E-state index in [1.165, 1.54) is 0 Å². The number of pyridine rings is 1. The van der Waals surface area contributed by atoms with Gasteiger partial charge in [-0.05, 0) is 41.6 Å². The quantitative estimate of drug-likeness (QED) is 0.799. The molecule has 0 radical (unpaired) electrons. The molecule has 0 aliphatic carbocycles. The van der Waals surface area contributed by atoms with Crippen LogP contribution < -0.4 is 16.2 Å². The number of H-pyrrole nitrogens is 1. The van der Waals surface area contributed by atoms with Crippen molar-refractivity contribution in [2.24, 2.45) is 0 Å². The van der Waals surface area contributed by atoms with Crippen LogP contribution in [0.4, 0.5) is 11.4 Å². The predicted molar refractivity (Wildman–Crippen MR) is 81.9 cm³/mol. The summed E-state index contributed by atoms with van der Waals surface area (Å²) in [6.07, 6.45) is 7.72. The van der Waals surface area contributed by atoms with Crippen molar-refractivity contribution in [1.29, 1.82) is 0 Å². The number of benzene rings is 1. The molecule has 0 fully saturated rings. The highest BCUT2D eigenvalue weighted by molar-refractivity contribution is 5.76. The van der Waals surface area contributed by atoms with Gasteiger partial charge in [-0.1, -0.05) is 24.3 Å². The summed E-state index contributed by atoms with van der Waals surface area (Å²) in [5, 5.41) is 6.25. The topological polar surface area (TPSA) is 56.9 Å².